The Balaban J connectivity index is 4.61. The van der Waals surface area contributed by atoms with Crippen molar-refractivity contribution < 1.29 is 22.7 Å². The number of carbonyl (C=O) groups excluding carboxylic acids is 1. The van der Waals surface area contributed by atoms with E-state index in [0.29, 0.717) is 6.26 Å². The van der Waals surface area contributed by atoms with Gasteiger partial charge in [-0.3, -0.25) is 4.79 Å². The maximum absolute atomic E-state index is 12.1. The van der Waals surface area contributed by atoms with Crippen LogP contribution in [0, 0.1) is 5.41 Å². The van der Waals surface area contributed by atoms with Gasteiger partial charge >= 0.3 is 12.1 Å². The Morgan fingerprint density at radius 2 is 1.83 bits per heavy atom. The number of hydrogen-bond acceptors (Lipinski definition) is 2. The molecule has 0 aromatic heterocycles. The number of ether oxygens (including phenoxy) is 1. The summed E-state index contributed by atoms with van der Waals surface area (Å²) in [6, 6.07) is 0. The molecule has 0 saturated heterocycles. The molecule has 5 heteroatoms. The van der Waals surface area contributed by atoms with Crippen LogP contribution in [0.2, 0.25) is 0 Å². The van der Waals surface area contributed by atoms with Gasteiger partial charge in [-0.05, 0) is 13.8 Å². The molecule has 0 spiro atoms. The first-order chi connectivity index (χ1) is 5.23. The predicted octanol–water partition coefficient (Wildman–Crippen LogP) is 2.26. The van der Waals surface area contributed by atoms with E-state index in [4.69, 9.17) is 0 Å². The van der Waals surface area contributed by atoms with E-state index in [1.54, 1.807) is 0 Å². The van der Waals surface area contributed by atoms with Gasteiger partial charge in [-0.25, -0.2) is 0 Å². The first-order valence-corrected chi connectivity index (χ1v) is 3.12. The van der Waals surface area contributed by atoms with Crippen LogP contribution in [0.1, 0.15) is 13.8 Å². The van der Waals surface area contributed by atoms with Crippen molar-refractivity contribution in [2.24, 2.45) is 5.41 Å². The molecule has 0 aliphatic heterocycles. The third-order valence-corrected chi connectivity index (χ3v) is 1.41. The van der Waals surface area contributed by atoms with E-state index < -0.39 is 17.6 Å². The van der Waals surface area contributed by atoms with Crippen LogP contribution in [0.5, 0.6) is 0 Å². The number of hydrogen-bond donors (Lipinski definition) is 0. The molecule has 70 valence electrons. The lowest BCUT2D eigenvalue weighted by molar-refractivity contribution is -0.221. The summed E-state index contributed by atoms with van der Waals surface area (Å²) in [7, 11) is 0. The SMILES string of the molecule is C=COC(=O)C(C)(C)C(F)(F)F. The second kappa shape index (κ2) is 3.16. The number of alkyl halides is 3. The topological polar surface area (TPSA) is 26.3 Å². The lowest BCUT2D eigenvalue weighted by Gasteiger charge is -2.24. The molecule has 0 aromatic carbocycles. The van der Waals surface area contributed by atoms with Crippen LogP contribution in [0.3, 0.4) is 0 Å². The van der Waals surface area contributed by atoms with E-state index in [9.17, 15) is 18.0 Å². The van der Waals surface area contributed by atoms with Crippen LogP contribution in [0.4, 0.5) is 13.2 Å². The van der Waals surface area contributed by atoms with E-state index in [1.165, 1.54) is 0 Å². The van der Waals surface area contributed by atoms with Gasteiger partial charge in [-0.15, -0.1) is 0 Å². The fourth-order valence-corrected chi connectivity index (χ4v) is 0.339. The molecule has 0 N–H and O–H groups in total. The molecule has 0 amide bonds. The summed E-state index contributed by atoms with van der Waals surface area (Å²) in [5.74, 6) is -1.36. The van der Waals surface area contributed by atoms with Crippen molar-refractivity contribution in [3.63, 3.8) is 0 Å². The number of carbonyl (C=O) groups is 1. The number of rotatable bonds is 2. The van der Waals surface area contributed by atoms with Crippen molar-refractivity contribution in [1.82, 2.24) is 0 Å². The Morgan fingerprint density at radius 3 is 2.08 bits per heavy atom. The van der Waals surface area contributed by atoms with Gasteiger partial charge in [0.25, 0.3) is 0 Å². The van der Waals surface area contributed by atoms with Gasteiger partial charge in [0.2, 0.25) is 0 Å². The summed E-state index contributed by atoms with van der Waals surface area (Å²) in [4.78, 5) is 10.7. The lowest BCUT2D eigenvalue weighted by Crippen LogP contribution is -2.40. The Morgan fingerprint density at radius 1 is 1.42 bits per heavy atom. The number of esters is 1. The fraction of sp³-hybridized carbons (Fsp3) is 0.571. The van der Waals surface area contributed by atoms with E-state index in [2.05, 4.69) is 11.3 Å². The average molecular weight is 182 g/mol. The largest absolute Gasteiger partial charge is 0.434 e. The van der Waals surface area contributed by atoms with Crippen molar-refractivity contribution in [2.75, 3.05) is 0 Å². The first kappa shape index (κ1) is 11.0. The average Bonchev–Trinajstić information content (AvgIpc) is 1.85. The smallest absolute Gasteiger partial charge is 0.404 e. The zero-order chi connectivity index (χ0) is 9.99. The Kier molecular flexibility index (Phi) is 2.90. The molecule has 0 aliphatic rings. The van der Waals surface area contributed by atoms with Crippen LogP contribution >= 0.6 is 0 Å². The Hall–Kier alpha value is -1.00. The highest BCUT2D eigenvalue weighted by molar-refractivity contribution is 5.77. The van der Waals surface area contributed by atoms with Crippen molar-refractivity contribution in [3.05, 3.63) is 12.8 Å². The van der Waals surface area contributed by atoms with Gasteiger partial charge in [-0.2, -0.15) is 13.2 Å². The maximum atomic E-state index is 12.1. The third kappa shape index (κ3) is 1.99. The predicted molar refractivity (Wildman–Crippen MR) is 36.1 cm³/mol. The molecule has 0 saturated carbocycles. The molecule has 0 heterocycles. The Labute approximate surface area is 68.0 Å². The van der Waals surface area contributed by atoms with Gasteiger partial charge in [-0.1, -0.05) is 6.58 Å². The van der Waals surface area contributed by atoms with E-state index in [1.807, 2.05) is 0 Å². The highest BCUT2D eigenvalue weighted by atomic mass is 19.4. The molecule has 0 rings (SSSR count). The second-order valence-electron chi connectivity index (χ2n) is 2.69. The summed E-state index contributed by atoms with van der Waals surface area (Å²) >= 11 is 0. The highest BCUT2D eigenvalue weighted by Gasteiger charge is 2.54. The molecule has 2 nitrogen and oxygen atoms in total. The monoisotopic (exact) mass is 182 g/mol. The maximum Gasteiger partial charge on any atom is 0.404 e. The summed E-state index contributed by atoms with van der Waals surface area (Å²) in [6.45, 7) is 4.48. The zero-order valence-electron chi connectivity index (χ0n) is 6.73. The van der Waals surface area contributed by atoms with Crippen molar-refractivity contribution in [2.45, 2.75) is 20.0 Å². The molecule has 12 heavy (non-hydrogen) atoms. The summed E-state index contributed by atoms with van der Waals surface area (Å²) in [5.41, 5.74) is -2.48. The van der Waals surface area contributed by atoms with Gasteiger partial charge in [0.1, 0.15) is 0 Å². The van der Waals surface area contributed by atoms with Crippen LogP contribution < -0.4 is 0 Å². The standard InChI is InChI=1S/C7H9F3O2/c1-4-12-5(11)6(2,3)7(8,9)10/h4H,1H2,2-3H3. The molecule has 0 unspecified atom stereocenters. The quantitative estimate of drug-likeness (QED) is 0.483. The molecule has 0 aliphatic carbocycles. The molecule has 0 aromatic rings. The Bertz CT molecular complexity index is 193. The van der Waals surface area contributed by atoms with Gasteiger partial charge in [0.05, 0.1) is 6.26 Å². The van der Waals surface area contributed by atoms with Crippen LogP contribution in [0.25, 0.3) is 0 Å². The summed E-state index contributed by atoms with van der Waals surface area (Å²) < 4.78 is 40.3. The first-order valence-electron chi connectivity index (χ1n) is 3.12. The minimum absolute atomic E-state index is 0.676. The molecular formula is C7H9F3O2. The normalized spacial score (nSPS) is 12.4. The molecule has 0 radical (unpaired) electrons. The van der Waals surface area contributed by atoms with Gasteiger partial charge < -0.3 is 4.74 Å². The van der Waals surface area contributed by atoms with E-state index >= 15 is 0 Å². The minimum atomic E-state index is -4.60. The fourth-order valence-electron chi connectivity index (χ4n) is 0.339. The zero-order valence-corrected chi connectivity index (χ0v) is 6.73. The molecule has 0 bridgehead atoms. The molecule has 0 fully saturated rings. The molecule has 0 atom stereocenters. The van der Waals surface area contributed by atoms with E-state index in [0.717, 1.165) is 13.8 Å². The number of halogens is 3. The van der Waals surface area contributed by atoms with Gasteiger partial charge in [0.15, 0.2) is 5.41 Å². The summed E-state index contributed by atoms with van der Waals surface area (Å²) in [6.07, 6.45) is -3.93. The summed E-state index contributed by atoms with van der Waals surface area (Å²) in [5, 5.41) is 0. The van der Waals surface area contributed by atoms with Crippen LogP contribution in [0.15, 0.2) is 12.8 Å². The highest BCUT2D eigenvalue weighted by Crippen LogP contribution is 2.38. The second-order valence-corrected chi connectivity index (χ2v) is 2.69. The van der Waals surface area contributed by atoms with Crippen molar-refractivity contribution in [1.29, 1.82) is 0 Å². The van der Waals surface area contributed by atoms with E-state index in [-0.39, 0.29) is 0 Å². The minimum Gasteiger partial charge on any atom is -0.434 e. The van der Waals surface area contributed by atoms with Crippen molar-refractivity contribution >= 4 is 5.97 Å². The lowest BCUT2D eigenvalue weighted by atomic mass is 9.93. The third-order valence-electron chi connectivity index (χ3n) is 1.41. The van der Waals surface area contributed by atoms with Gasteiger partial charge in [0, 0.05) is 0 Å². The molecular weight excluding hydrogens is 173 g/mol. The van der Waals surface area contributed by atoms with Crippen LogP contribution in [-0.2, 0) is 9.53 Å². The van der Waals surface area contributed by atoms with Crippen LogP contribution in [-0.4, -0.2) is 12.1 Å². The van der Waals surface area contributed by atoms with Crippen molar-refractivity contribution in [3.8, 4) is 0 Å².